The third-order valence-corrected chi connectivity index (χ3v) is 3.91. The summed E-state index contributed by atoms with van der Waals surface area (Å²) in [7, 11) is 0. The Bertz CT molecular complexity index is 824. The Morgan fingerprint density at radius 2 is 1.96 bits per heavy atom. The third-order valence-electron chi connectivity index (χ3n) is 3.91. The highest BCUT2D eigenvalue weighted by molar-refractivity contribution is 5.91. The largest absolute Gasteiger partial charge is 0.356 e. The molecule has 3 nitrogen and oxygen atoms in total. The molecule has 0 unspecified atom stereocenters. The fraction of sp³-hybridized carbons (Fsp3) is 0.211. The minimum atomic E-state index is -0.268. The first kappa shape index (κ1) is 15.3. The summed E-state index contributed by atoms with van der Waals surface area (Å²) in [6.45, 7) is 2.52. The van der Waals surface area contributed by atoms with Gasteiger partial charge in [-0.05, 0) is 42.7 Å². The highest BCUT2D eigenvalue weighted by atomic mass is 19.1. The zero-order chi connectivity index (χ0) is 16.2. The van der Waals surface area contributed by atoms with Crippen LogP contribution >= 0.6 is 0 Å². The maximum atomic E-state index is 13.7. The summed E-state index contributed by atoms with van der Waals surface area (Å²) in [6.07, 6.45) is 0.955. The Hall–Kier alpha value is -2.62. The third kappa shape index (κ3) is 3.26. The molecule has 3 rings (SSSR count). The van der Waals surface area contributed by atoms with E-state index >= 15 is 0 Å². The average molecular weight is 310 g/mol. The molecule has 0 atom stereocenters. The normalized spacial score (nSPS) is 10.9. The van der Waals surface area contributed by atoms with Gasteiger partial charge in [0.25, 0.3) is 0 Å². The number of fused-ring (bicyclic) bond motifs is 1. The van der Waals surface area contributed by atoms with Crippen LogP contribution in [0.2, 0.25) is 0 Å². The molecular weight excluding hydrogens is 291 g/mol. The molecule has 0 aliphatic carbocycles. The van der Waals surface area contributed by atoms with Crippen LogP contribution in [0.5, 0.6) is 0 Å². The van der Waals surface area contributed by atoms with Gasteiger partial charge in [-0.1, -0.05) is 30.3 Å². The monoisotopic (exact) mass is 310 g/mol. The van der Waals surface area contributed by atoms with Crippen LogP contribution in [-0.2, 0) is 11.2 Å². The van der Waals surface area contributed by atoms with Crippen molar-refractivity contribution in [3.05, 3.63) is 59.9 Å². The van der Waals surface area contributed by atoms with Gasteiger partial charge in [-0.2, -0.15) is 0 Å². The lowest BCUT2D eigenvalue weighted by atomic mass is 10.0. The van der Waals surface area contributed by atoms with Gasteiger partial charge < -0.3 is 10.3 Å². The predicted octanol–water partition coefficient (Wildman–Crippen LogP) is 4.04. The smallest absolute Gasteiger partial charge is 0.220 e. The van der Waals surface area contributed by atoms with E-state index in [1.54, 1.807) is 6.07 Å². The highest BCUT2D eigenvalue weighted by Crippen LogP contribution is 2.31. The van der Waals surface area contributed by atoms with E-state index in [9.17, 15) is 9.18 Å². The highest BCUT2D eigenvalue weighted by Gasteiger charge is 2.15. The summed E-state index contributed by atoms with van der Waals surface area (Å²) in [6, 6.07) is 14.6. The molecule has 3 aromatic rings. The van der Waals surface area contributed by atoms with Gasteiger partial charge in [0.05, 0.1) is 0 Å². The number of carbonyl (C=O) groups is 1. The van der Waals surface area contributed by atoms with Crippen molar-refractivity contribution >= 4 is 16.8 Å². The van der Waals surface area contributed by atoms with Crippen molar-refractivity contribution < 1.29 is 9.18 Å². The Morgan fingerprint density at radius 3 is 2.70 bits per heavy atom. The Balaban J connectivity index is 2.04. The van der Waals surface area contributed by atoms with Crippen molar-refractivity contribution in [2.75, 3.05) is 6.54 Å². The molecule has 0 saturated heterocycles. The SMILES string of the molecule is CCNC(=O)CCc1c(-c2ccccc2)[nH]c2ccc(F)cc12. The Morgan fingerprint density at radius 1 is 1.17 bits per heavy atom. The lowest BCUT2D eigenvalue weighted by Crippen LogP contribution is -2.22. The van der Waals surface area contributed by atoms with Gasteiger partial charge in [0.15, 0.2) is 0 Å². The first-order valence-corrected chi connectivity index (χ1v) is 7.81. The molecule has 0 fully saturated rings. The molecular formula is C19H19FN2O. The van der Waals surface area contributed by atoms with E-state index in [2.05, 4.69) is 10.3 Å². The van der Waals surface area contributed by atoms with Crippen LogP contribution in [0.3, 0.4) is 0 Å². The molecule has 118 valence electrons. The Kier molecular flexibility index (Phi) is 4.42. The number of hydrogen-bond donors (Lipinski definition) is 2. The molecule has 0 aliphatic rings. The molecule has 0 aliphatic heterocycles. The number of carbonyl (C=O) groups excluding carboxylic acids is 1. The second kappa shape index (κ2) is 6.65. The van der Waals surface area contributed by atoms with Crippen molar-refractivity contribution in [2.24, 2.45) is 0 Å². The maximum absolute atomic E-state index is 13.7. The van der Waals surface area contributed by atoms with E-state index in [0.29, 0.717) is 19.4 Å². The molecule has 23 heavy (non-hydrogen) atoms. The molecule has 4 heteroatoms. The number of aromatic nitrogens is 1. The van der Waals surface area contributed by atoms with Crippen LogP contribution in [0.15, 0.2) is 48.5 Å². The fourth-order valence-electron chi connectivity index (χ4n) is 2.85. The molecule has 1 amide bonds. The summed E-state index contributed by atoms with van der Waals surface area (Å²) in [5.41, 5.74) is 3.86. The summed E-state index contributed by atoms with van der Waals surface area (Å²) >= 11 is 0. The van der Waals surface area contributed by atoms with Crippen LogP contribution in [0, 0.1) is 5.82 Å². The minimum Gasteiger partial charge on any atom is -0.356 e. The standard InChI is InChI=1S/C19H19FN2O/c1-2-21-18(23)11-9-15-16-12-14(20)8-10-17(16)22-19(15)13-6-4-3-5-7-13/h3-8,10,12,22H,2,9,11H2,1H3,(H,21,23). The second-order valence-corrected chi connectivity index (χ2v) is 5.49. The van der Waals surface area contributed by atoms with E-state index in [0.717, 1.165) is 27.7 Å². The zero-order valence-corrected chi connectivity index (χ0v) is 13.0. The van der Waals surface area contributed by atoms with Crippen molar-refractivity contribution in [3.63, 3.8) is 0 Å². The molecule has 0 bridgehead atoms. The number of H-pyrrole nitrogens is 1. The number of aryl methyl sites for hydroxylation is 1. The second-order valence-electron chi connectivity index (χ2n) is 5.49. The maximum Gasteiger partial charge on any atom is 0.220 e. The minimum absolute atomic E-state index is 0.0114. The number of nitrogens with one attached hydrogen (secondary N) is 2. The van der Waals surface area contributed by atoms with Gasteiger partial charge in [0, 0.05) is 29.6 Å². The van der Waals surface area contributed by atoms with Crippen molar-refractivity contribution in [2.45, 2.75) is 19.8 Å². The van der Waals surface area contributed by atoms with Crippen LogP contribution < -0.4 is 5.32 Å². The van der Waals surface area contributed by atoms with Gasteiger partial charge in [0.2, 0.25) is 5.91 Å². The summed E-state index contributed by atoms with van der Waals surface area (Å²) < 4.78 is 13.7. The summed E-state index contributed by atoms with van der Waals surface area (Å²) in [4.78, 5) is 15.2. The molecule has 0 saturated carbocycles. The fourth-order valence-corrected chi connectivity index (χ4v) is 2.85. The quantitative estimate of drug-likeness (QED) is 0.734. The number of aromatic amines is 1. The van der Waals surface area contributed by atoms with Crippen molar-refractivity contribution in [1.82, 2.24) is 10.3 Å². The Labute approximate surface area is 134 Å². The average Bonchev–Trinajstić information content (AvgIpc) is 2.92. The first-order valence-electron chi connectivity index (χ1n) is 7.81. The van der Waals surface area contributed by atoms with E-state index in [1.807, 2.05) is 37.3 Å². The van der Waals surface area contributed by atoms with E-state index in [-0.39, 0.29) is 11.7 Å². The molecule has 1 heterocycles. The molecule has 1 aromatic heterocycles. The van der Waals surface area contributed by atoms with Gasteiger partial charge in [-0.25, -0.2) is 4.39 Å². The van der Waals surface area contributed by atoms with Gasteiger partial charge in [-0.15, -0.1) is 0 Å². The number of rotatable bonds is 5. The number of halogens is 1. The van der Waals surface area contributed by atoms with Crippen LogP contribution in [0.4, 0.5) is 4.39 Å². The van der Waals surface area contributed by atoms with Crippen LogP contribution in [0.25, 0.3) is 22.2 Å². The lowest BCUT2D eigenvalue weighted by Gasteiger charge is -2.06. The van der Waals surface area contributed by atoms with Crippen LogP contribution in [0.1, 0.15) is 18.9 Å². The van der Waals surface area contributed by atoms with Crippen molar-refractivity contribution in [1.29, 1.82) is 0 Å². The predicted molar refractivity (Wildman–Crippen MR) is 90.7 cm³/mol. The molecule has 2 N–H and O–H groups in total. The summed E-state index contributed by atoms with van der Waals surface area (Å²) in [5, 5.41) is 3.64. The van der Waals surface area contributed by atoms with E-state index < -0.39 is 0 Å². The zero-order valence-electron chi connectivity index (χ0n) is 13.0. The number of amides is 1. The first-order chi connectivity index (χ1) is 11.2. The topological polar surface area (TPSA) is 44.9 Å². The summed E-state index contributed by atoms with van der Waals surface area (Å²) in [5.74, 6) is -0.257. The van der Waals surface area contributed by atoms with E-state index in [1.165, 1.54) is 12.1 Å². The molecule has 2 aromatic carbocycles. The molecule has 0 radical (unpaired) electrons. The number of benzene rings is 2. The van der Waals surface area contributed by atoms with Crippen LogP contribution in [-0.4, -0.2) is 17.4 Å². The number of hydrogen-bond acceptors (Lipinski definition) is 1. The molecule has 0 spiro atoms. The van der Waals surface area contributed by atoms with E-state index in [4.69, 9.17) is 0 Å². The van der Waals surface area contributed by atoms with Gasteiger partial charge >= 0.3 is 0 Å². The van der Waals surface area contributed by atoms with Crippen molar-refractivity contribution in [3.8, 4) is 11.3 Å². The lowest BCUT2D eigenvalue weighted by molar-refractivity contribution is -0.120. The van der Waals surface area contributed by atoms with Gasteiger partial charge in [0.1, 0.15) is 5.82 Å². The van der Waals surface area contributed by atoms with Gasteiger partial charge in [-0.3, -0.25) is 4.79 Å².